The molecule has 0 aromatic carbocycles. The Morgan fingerprint density at radius 2 is 1.61 bits per heavy atom. The van der Waals surface area contributed by atoms with E-state index < -0.39 is 11.4 Å². The van der Waals surface area contributed by atoms with Crippen molar-refractivity contribution in [2.24, 2.45) is 11.3 Å². The molecular formula is C16H29N3O4. The summed E-state index contributed by atoms with van der Waals surface area (Å²) in [7, 11) is 0. The first-order valence-corrected chi connectivity index (χ1v) is 8.31. The topological polar surface area (TPSA) is 108 Å². The van der Waals surface area contributed by atoms with Gasteiger partial charge in [-0.1, -0.05) is 20.8 Å². The highest BCUT2D eigenvalue weighted by Crippen LogP contribution is 2.24. The fourth-order valence-electron chi connectivity index (χ4n) is 2.47. The average Bonchev–Trinajstić information content (AvgIpc) is 2.51. The van der Waals surface area contributed by atoms with Crippen molar-refractivity contribution in [3.05, 3.63) is 0 Å². The first-order valence-electron chi connectivity index (χ1n) is 8.31. The number of carboxylic acid groups (broad SMARTS) is 1. The van der Waals surface area contributed by atoms with Gasteiger partial charge >= 0.3 is 12.0 Å². The molecule has 0 aromatic rings. The van der Waals surface area contributed by atoms with Crippen LogP contribution >= 0.6 is 0 Å². The molecular weight excluding hydrogens is 298 g/mol. The molecule has 0 aliphatic heterocycles. The van der Waals surface area contributed by atoms with E-state index in [1.165, 1.54) is 0 Å². The number of carboxylic acids is 1. The minimum absolute atomic E-state index is 0.0193. The molecule has 0 atom stereocenters. The van der Waals surface area contributed by atoms with E-state index >= 15 is 0 Å². The second kappa shape index (κ2) is 8.74. The van der Waals surface area contributed by atoms with E-state index in [4.69, 9.17) is 5.11 Å². The lowest BCUT2D eigenvalue weighted by atomic mass is 9.86. The Morgan fingerprint density at radius 1 is 1.04 bits per heavy atom. The second-order valence-corrected chi connectivity index (χ2v) is 6.78. The highest BCUT2D eigenvalue weighted by atomic mass is 16.4. The number of carbonyl (C=O) groups is 3. The van der Waals surface area contributed by atoms with Gasteiger partial charge < -0.3 is 21.1 Å². The van der Waals surface area contributed by atoms with Gasteiger partial charge in [0.1, 0.15) is 0 Å². The van der Waals surface area contributed by atoms with Crippen LogP contribution in [0.5, 0.6) is 0 Å². The molecule has 1 aliphatic carbocycles. The third-order valence-electron chi connectivity index (χ3n) is 4.61. The van der Waals surface area contributed by atoms with Gasteiger partial charge in [-0.3, -0.25) is 9.59 Å². The number of urea groups is 1. The standard InChI is InChI=1S/C16H29N3O4/c1-4-16(2,3)14(22)17-9-10-18-15(23)19-12-7-5-11(6-8-12)13(20)21/h11-12H,4-10H2,1-3H3,(H,17,22)(H,20,21)(H2,18,19,23). The molecule has 23 heavy (non-hydrogen) atoms. The van der Waals surface area contributed by atoms with Crippen molar-refractivity contribution in [1.82, 2.24) is 16.0 Å². The molecule has 1 aliphatic rings. The van der Waals surface area contributed by atoms with Crippen molar-refractivity contribution in [3.63, 3.8) is 0 Å². The van der Waals surface area contributed by atoms with Crippen LogP contribution in [0.4, 0.5) is 4.79 Å². The van der Waals surface area contributed by atoms with Gasteiger partial charge in [-0.2, -0.15) is 0 Å². The fraction of sp³-hybridized carbons (Fsp3) is 0.812. The number of aliphatic carboxylic acids is 1. The summed E-state index contributed by atoms with van der Waals surface area (Å²) in [6.07, 6.45) is 3.33. The second-order valence-electron chi connectivity index (χ2n) is 6.78. The molecule has 0 unspecified atom stereocenters. The van der Waals surface area contributed by atoms with Crippen molar-refractivity contribution >= 4 is 17.9 Å². The molecule has 7 nitrogen and oxygen atoms in total. The van der Waals surface area contributed by atoms with Gasteiger partial charge in [0.15, 0.2) is 0 Å². The van der Waals surface area contributed by atoms with Gasteiger partial charge in [-0.05, 0) is 32.1 Å². The highest BCUT2D eigenvalue weighted by molar-refractivity contribution is 5.81. The van der Waals surface area contributed by atoms with E-state index in [1.807, 2.05) is 20.8 Å². The van der Waals surface area contributed by atoms with E-state index in [-0.39, 0.29) is 23.9 Å². The molecule has 7 heteroatoms. The summed E-state index contributed by atoms with van der Waals surface area (Å²) in [5, 5.41) is 17.3. The van der Waals surface area contributed by atoms with E-state index in [2.05, 4.69) is 16.0 Å². The van der Waals surface area contributed by atoms with E-state index in [1.54, 1.807) is 0 Å². The number of carbonyl (C=O) groups excluding carboxylic acids is 2. The van der Waals surface area contributed by atoms with Crippen LogP contribution in [0.2, 0.25) is 0 Å². The van der Waals surface area contributed by atoms with E-state index in [9.17, 15) is 14.4 Å². The molecule has 0 spiro atoms. The number of hydrogen-bond donors (Lipinski definition) is 4. The predicted molar refractivity (Wildman–Crippen MR) is 87.0 cm³/mol. The zero-order valence-corrected chi connectivity index (χ0v) is 14.3. The van der Waals surface area contributed by atoms with Crippen molar-refractivity contribution in [2.45, 2.75) is 58.9 Å². The summed E-state index contributed by atoms with van der Waals surface area (Å²) in [6, 6.07) is -0.244. The van der Waals surface area contributed by atoms with E-state index in [0.717, 1.165) is 6.42 Å². The van der Waals surface area contributed by atoms with Crippen LogP contribution in [0.1, 0.15) is 52.9 Å². The Morgan fingerprint density at radius 3 is 2.13 bits per heavy atom. The largest absolute Gasteiger partial charge is 0.481 e. The van der Waals surface area contributed by atoms with Crippen molar-refractivity contribution < 1.29 is 19.5 Å². The van der Waals surface area contributed by atoms with Gasteiger partial charge in [0.05, 0.1) is 5.92 Å². The van der Waals surface area contributed by atoms with Crippen LogP contribution in [-0.2, 0) is 9.59 Å². The normalized spacial score (nSPS) is 21.3. The molecule has 0 aromatic heterocycles. The van der Waals surface area contributed by atoms with Crippen LogP contribution in [0.25, 0.3) is 0 Å². The summed E-state index contributed by atoms with van der Waals surface area (Å²) in [6.45, 7) is 6.49. The van der Waals surface area contributed by atoms with Crippen molar-refractivity contribution in [1.29, 1.82) is 0 Å². The lowest BCUT2D eigenvalue weighted by molar-refractivity contribution is -0.142. The Bertz CT molecular complexity index is 429. The minimum Gasteiger partial charge on any atom is -0.481 e. The van der Waals surface area contributed by atoms with E-state index in [0.29, 0.717) is 38.8 Å². The van der Waals surface area contributed by atoms with Crippen LogP contribution in [0.15, 0.2) is 0 Å². The molecule has 0 saturated heterocycles. The molecule has 4 N–H and O–H groups in total. The van der Waals surface area contributed by atoms with Crippen molar-refractivity contribution in [3.8, 4) is 0 Å². The number of rotatable bonds is 7. The zero-order chi connectivity index (χ0) is 17.5. The molecule has 0 bridgehead atoms. The predicted octanol–water partition coefficient (Wildman–Crippen LogP) is 1.48. The average molecular weight is 327 g/mol. The monoisotopic (exact) mass is 327 g/mol. The maximum absolute atomic E-state index is 11.9. The fourth-order valence-corrected chi connectivity index (χ4v) is 2.47. The Labute approximate surface area is 137 Å². The maximum Gasteiger partial charge on any atom is 0.315 e. The molecule has 0 heterocycles. The highest BCUT2D eigenvalue weighted by Gasteiger charge is 2.27. The molecule has 0 radical (unpaired) electrons. The summed E-state index contributed by atoms with van der Waals surface area (Å²) >= 11 is 0. The summed E-state index contributed by atoms with van der Waals surface area (Å²) in [4.78, 5) is 34.5. The third kappa shape index (κ3) is 6.46. The smallest absolute Gasteiger partial charge is 0.315 e. The molecule has 1 rings (SSSR count). The lowest BCUT2D eigenvalue weighted by Gasteiger charge is -2.27. The first-order chi connectivity index (χ1) is 10.8. The Balaban J connectivity index is 2.16. The van der Waals surface area contributed by atoms with Crippen molar-refractivity contribution in [2.75, 3.05) is 13.1 Å². The lowest BCUT2D eigenvalue weighted by Crippen LogP contribution is -2.46. The zero-order valence-electron chi connectivity index (χ0n) is 14.3. The third-order valence-corrected chi connectivity index (χ3v) is 4.61. The Hall–Kier alpha value is -1.79. The summed E-state index contributed by atoms with van der Waals surface area (Å²) in [5.74, 6) is -1.05. The number of nitrogens with one attached hydrogen (secondary N) is 3. The molecule has 1 saturated carbocycles. The molecule has 132 valence electrons. The first kappa shape index (κ1) is 19.3. The quantitative estimate of drug-likeness (QED) is 0.531. The molecule has 1 fully saturated rings. The van der Waals surface area contributed by atoms with Gasteiger partial charge in [0.2, 0.25) is 5.91 Å². The van der Waals surface area contributed by atoms with Gasteiger partial charge in [-0.25, -0.2) is 4.79 Å². The summed E-state index contributed by atoms with van der Waals surface area (Å²) < 4.78 is 0. The SMILES string of the molecule is CCC(C)(C)C(=O)NCCNC(=O)NC1CCC(C(=O)O)CC1. The molecule has 3 amide bonds. The summed E-state index contributed by atoms with van der Waals surface area (Å²) in [5.41, 5.74) is -0.398. The maximum atomic E-state index is 11.9. The Kier molecular flexibility index (Phi) is 7.32. The van der Waals surface area contributed by atoms with Crippen LogP contribution in [0.3, 0.4) is 0 Å². The number of amides is 3. The van der Waals surface area contributed by atoms with Gasteiger partial charge in [0.25, 0.3) is 0 Å². The van der Waals surface area contributed by atoms with Gasteiger partial charge in [-0.15, -0.1) is 0 Å². The minimum atomic E-state index is -0.751. The van der Waals surface area contributed by atoms with Crippen LogP contribution in [-0.4, -0.2) is 42.1 Å². The van der Waals surface area contributed by atoms with Crippen LogP contribution in [0, 0.1) is 11.3 Å². The van der Waals surface area contributed by atoms with Gasteiger partial charge in [0, 0.05) is 24.5 Å². The number of hydrogen-bond acceptors (Lipinski definition) is 3. The van der Waals surface area contributed by atoms with Crippen LogP contribution < -0.4 is 16.0 Å².